The summed E-state index contributed by atoms with van der Waals surface area (Å²) in [5.41, 5.74) is -0.128. The standard InChI is InChI=1S/C7H16FO2P/c1-5-11(8,9)10-6-7(2,3)4/h5-6H2,1-4H3. The van der Waals surface area contributed by atoms with Crippen LogP contribution in [-0.2, 0) is 9.09 Å². The van der Waals surface area contributed by atoms with Crippen molar-refractivity contribution in [2.45, 2.75) is 27.7 Å². The lowest BCUT2D eigenvalue weighted by atomic mass is 9.99. The molecule has 0 heterocycles. The van der Waals surface area contributed by atoms with Crippen molar-refractivity contribution in [3.05, 3.63) is 0 Å². The molecule has 0 radical (unpaired) electrons. The van der Waals surface area contributed by atoms with Gasteiger partial charge >= 0.3 is 7.68 Å². The van der Waals surface area contributed by atoms with E-state index in [4.69, 9.17) is 0 Å². The third-order valence-corrected chi connectivity index (χ3v) is 2.34. The molecule has 0 aliphatic carbocycles. The first kappa shape index (κ1) is 11.1. The highest BCUT2D eigenvalue weighted by molar-refractivity contribution is 7.53. The van der Waals surface area contributed by atoms with Crippen LogP contribution in [-0.4, -0.2) is 12.8 Å². The summed E-state index contributed by atoms with van der Waals surface area (Å²) in [7, 11) is -3.77. The number of halogens is 1. The lowest BCUT2D eigenvalue weighted by molar-refractivity contribution is 0.187. The molecule has 0 aromatic carbocycles. The molecule has 4 heteroatoms. The van der Waals surface area contributed by atoms with Gasteiger partial charge in [-0.1, -0.05) is 27.7 Å². The van der Waals surface area contributed by atoms with Crippen molar-refractivity contribution < 1.29 is 13.3 Å². The van der Waals surface area contributed by atoms with Gasteiger partial charge in [0.1, 0.15) is 0 Å². The summed E-state index contributed by atoms with van der Waals surface area (Å²) in [4.78, 5) is 0. The quantitative estimate of drug-likeness (QED) is 0.626. The van der Waals surface area contributed by atoms with Gasteiger partial charge in [0.25, 0.3) is 0 Å². The molecule has 0 aromatic heterocycles. The molecule has 0 spiro atoms. The van der Waals surface area contributed by atoms with Crippen LogP contribution >= 0.6 is 7.68 Å². The van der Waals surface area contributed by atoms with Crippen molar-refractivity contribution >= 4 is 7.68 Å². The highest BCUT2D eigenvalue weighted by atomic mass is 31.2. The van der Waals surface area contributed by atoms with E-state index in [0.29, 0.717) is 0 Å². The first-order chi connectivity index (χ1) is 4.77. The van der Waals surface area contributed by atoms with Gasteiger partial charge in [0.05, 0.1) is 12.8 Å². The summed E-state index contributed by atoms with van der Waals surface area (Å²) < 4.78 is 28.1. The van der Waals surface area contributed by atoms with E-state index in [1.54, 1.807) is 0 Å². The van der Waals surface area contributed by atoms with Crippen LogP contribution < -0.4 is 0 Å². The second-order valence-electron chi connectivity index (χ2n) is 3.74. The molecule has 1 atom stereocenters. The highest BCUT2D eigenvalue weighted by Gasteiger charge is 2.22. The van der Waals surface area contributed by atoms with Crippen LogP contribution in [0.5, 0.6) is 0 Å². The zero-order chi connectivity index (χ0) is 9.12. The summed E-state index contributed by atoms with van der Waals surface area (Å²) in [5, 5.41) is 0. The maximum absolute atomic E-state index is 12.7. The smallest absolute Gasteiger partial charge is 0.305 e. The number of hydrogen-bond acceptors (Lipinski definition) is 2. The summed E-state index contributed by atoms with van der Waals surface area (Å²) in [6, 6.07) is 0. The van der Waals surface area contributed by atoms with Gasteiger partial charge in [-0.05, 0) is 5.41 Å². The van der Waals surface area contributed by atoms with Crippen molar-refractivity contribution in [3.63, 3.8) is 0 Å². The van der Waals surface area contributed by atoms with Crippen LogP contribution in [0.1, 0.15) is 27.7 Å². The molecular weight excluding hydrogens is 166 g/mol. The SMILES string of the molecule is CCP(=O)(F)OCC(C)(C)C. The average Bonchev–Trinajstić information content (AvgIpc) is 1.83. The van der Waals surface area contributed by atoms with E-state index < -0.39 is 7.68 Å². The van der Waals surface area contributed by atoms with E-state index in [9.17, 15) is 8.76 Å². The van der Waals surface area contributed by atoms with Gasteiger partial charge in [0.2, 0.25) is 0 Å². The number of hydrogen-bond donors (Lipinski definition) is 0. The largest absolute Gasteiger partial charge is 0.367 e. The Labute approximate surface area is 67.7 Å². The molecule has 2 nitrogen and oxygen atoms in total. The Kier molecular flexibility index (Phi) is 3.72. The Bertz CT molecular complexity index is 162. The van der Waals surface area contributed by atoms with E-state index in [0.717, 1.165) is 0 Å². The first-order valence-electron chi connectivity index (χ1n) is 3.70. The van der Waals surface area contributed by atoms with Gasteiger partial charge in [-0.3, -0.25) is 4.57 Å². The summed E-state index contributed by atoms with van der Waals surface area (Å²) in [5.74, 6) is 0. The monoisotopic (exact) mass is 182 g/mol. The van der Waals surface area contributed by atoms with Gasteiger partial charge in [-0.2, -0.15) is 4.20 Å². The second-order valence-corrected chi connectivity index (χ2v) is 5.81. The van der Waals surface area contributed by atoms with E-state index in [1.807, 2.05) is 20.8 Å². The van der Waals surface area contributed by atoms with Crippen LogP contribution in [0.2, 0.25) is 0 Å². The van der Waals surface area contributed by atoms with Crippen LogP contribution in [0.3, 0.4) is 0 Å². The molecule has 0 bridgehead atoms. The lowest BCUT2D eigenvalue weighted by Gasteiger charge is -2.18. The Morgan fingerprint density at radius 2 is 1.91 bits per heavy atom. The van der Waals surface area contributed by atoms with Crippen LogP contribution in [0.25, 0.3) is 0 Å². The van der Waals surface area contributed by atoms with Gasteiger partial charge < -0.3 is 4.52 Å². The molecular formula is C7H16FO2P. The molecule has 0 aliphatic heterocycles. The van der Waals surface area contributed by atoms with Crippen molar-refractivity contribution in [3.8, 4) is 0 Å². The Hall–Kier alpha value is 0.120. The Morgan fingerprint density at radius 3 is 2.18 bits per heavy atom. The Balaban J connectivity index is 3.80. The molecule has 0 amide bonds. The predicted octanol–water partition coefficient (Wildman–Crippen LogP) is 3.23. The van der Waals surface area contributed by atoms with Gasteiger partial charge in [0.15, 0.2) is 0 Å². The van der Waals surface area contributed by atoms with Gasteiger partial charge in [-0.25, -0.2) is 0 Å². The third-order valence-electron chi connectivity index (χ3n) is 1.07. The van der Waals surface area contributed by atoms with Gasteiger partial charge in [0, 0.05) is 0 Å². The molecule has 0 fully saturated rings. The maximum atomic E-state index is 12.7. The lowest BCUT2D eigenvalue weighted by Crippen LogP contribution is -2.13. The second kappa shape index (κ2) is 3.68. The van der Waals surface area contributed by atoms with Crippen molar-refractivity contribution in [2.24, 2.45) is 5.41 Å². The van der Waals surface area contributed by atoms with Crippen LogP contribution in [0.15, 0.2) is 0 Å². The van der Waals surface area contributed by atoms with Crippen LogP contribution in [0, 0.1) is 5.41 Å². The molecule has 11 heavy (non-hydrogen) atoms. The topological polar surface area (TPSA) is 26.3 Å². The molecule has 0 rings (SSSR count). The first-order valence-corrected chi connectivity index (χ1v) is 5.40. The summed E-state index contributed by atoms with van der Waals surface area (Å²) >= 11 is 0. The normalized spacial score (nSPS) is 17.9. The minimum Gasteiger partial charge on any atom is -0.305 e. The van der Waals surface area contributed by atoms with Crippen LogP contribution in [0.4, 0.5) is 4.20 Å². The summed E-state index contributed by atoms with van der Waals surface area (Å²) in [6.07, 6.45) is -0.0386. The molecule has 0 saturated carbocycles. The van der Waals surface area contributed by atoms with Crippen molar-refractivity contribution in [1.29, 1.82) is 0 Å². The maximum Gasteiger partial charge on any atom is 0.367 e. The molecule has 0 N–H and O–H groups in total. The van der Waals surface area contributed by atoms with E-state index >= 15 is 0 Å². The molecule has 0 saturated heterocycles. The van der Waals surface area contributed by atoms with Crippen molar-refractivity contribution in [2.75, 3.05) is 12.8 Å². The molecule has 0 aromatic rings. The van der Waals surface area contributed by atoms with E-state index in [2.05, 4.69) is 4.52 Å². The fraction of sp³-hybridized carbons (Fsp3) is 1.00. The van der Waals surface area contributed by atoms with E-state index in [-0.39, 0.29) is 18.2 Å². The predicted molar refractivity (Wildman–Crippen MR) is 44.7 cm³/mol. The van der Waals surface area contributed by atoms with Crippen molar-refractivity contribution in [1.82, 2.24) is 0 Å². The minimum atomic E-state index is -3.77. The molecule has 0 aliphatic rings. The number of rotatable bonds is 3. The summed E-state index contributed by atoms with van der Waals surface area (Å²) in [6.45, 7) is 7.44. The fourth-order valence-corrected chi connectivity index (χ4v) is 1.14. The fourth-order valence-electron chi connectivity index (χ4n) is 0.381. The molecule has 1 unspecified atom stereocenters. The Morgan fingerprint density at radius 1 is 1.45 bits per heavy atom. The van der Waals surface area contributed by atoms with E-state index in [1.165, 1.54) is 6.92 Å². The highest BCUT2D eigenvalue weighted by Crippen LogP contribution is 2.48. The van der Waals surface area contributed by atoms with Gasteiger partial charge in [-0.15, -0.1) is 0 Å². The average molecular weight is 182 g/mol. The minimum absolute atomic E-state index is 0.0386. The molecule has 68 valence electrons. The zero-order valence-corrected chi connectivity index (χ0v) is 8.45. The third kappa shape index (κ3) is 6.52. The zero-order valence-electron chi connectivity index (χ0n) is 7.56.